The number of benzene rings is 2. The SMILES string of the molecule is COC(=O)c1ccc2c(c1)N(c1ccc(Cl)cc1)CCN1NNC(C)=C21. The topological polar surface area (TPSA) is 56.8 Å². The van der Waals surface area contributed by atoms with Crippen molar-refractivity contribution in [3.63, 3.8) is 0 Å². The van der Waals surface area contributed by atoms with Gasteiger partial charge in [-0.25, -0.2) is 4.79 Å². The monoisotopic (exact) mass is 370 g/mol. The van der Waals surface area contributed by atoms with Crippen LogP contribution in [0.5, 0.6) is 0 Å². The van der Waals surface area contributed by atoms with E-state index in [-0.39, 0.29) is 5.97 Å². The molecule has 7 heteroatoms. The Balaban J connectivity index is 1.89. The second-order valence-electron chi connectivity index (χ2n) is 6.21. The molecule has 0 amide bonds. The molecular formula is C19H19ClN4O2. The van der Waals surface area contributed by atoms with Gasteiger partial charge in [0.25, 0.3) is 0 Å². The smallest absolute Gasteiger partial charge is 0.337 e. The lowest BCUT2D eigenvalue weighted by molar-refractivity contribution is 0.0601. The average molecular weight is 371 g/mol. The number of anilines is 2. The molecule has 2 aliphatic heterocycles. The maximum absolute atomic E-state index is 12.1. The van der Waals surface area contributed by atoms with Crippen LogP contribution in [0.25, 0.3) is 5.70 Å². The van der Waals surface area contributed by atoms with E-state index in [1.54, 1.807) is 6.07 Å². The zero-order chi connectivity index (χ0) is 18.3. The third-order valence-electron chi connectivity index (χ3n) is 4.65. The zero-order valence-corrected chi connectivity index (χ0v) is 15.3. The summed E-state index contributed by atoms with van der Waals surface area (Å²) < 4.78 is 4.90. The van der Waals surface area contributed by atoms with Gasteiger partial charge in [0, 0.05) is 22.8 Å². The first-order valence-corrected chi connectivity index (χ1v) is 8.72. The molecule has 0 unspecified atom stereocenters. The number of rotatable bonds is 2. The first kappa shape index (κ1) is 16.8. The van der Waals surface area contributed by atoms with Crippen molar-refractivity contribution in [1.29, 1.82) is 0 Å². The average Bonchev–Trinajstić information content (AvgIpc) is 2.94. The van der Waals surface area contributed by atoms with E-state index >= 15 is 0 Å². The molecule has 4 rings (SSSR count). The van der Waals surface area contributed by atoms with Gasteiger partial charge < -0.3 is 15.1 Å². The van der Waals surface area contributed by atoms with Gasteiger partial charge in [-0.15, -0.1) is 5.53 Å². The van der Waals surface area contributed by atoms with Crippen LogP contribution in [-0.4, -0.2) is 31.2 Å². The molecule has 2 aromatic carbocycles. The van der Waals surface area contributed by atoms with Gasteiger partial charge in [-0.3, -0.25) is 5.01 Å². The predicted octanol–water partition coefficient (Wildman–Crippen LogP) is 3.29. The Bertz CT molecular complexity index is 895. The second-order valence-corrected chi connectivity index (χ2v) is 6.65. The molecular weight excluding hydrogens is 352 g/mol. The van der Waals surface area contributed by atoms with Crippen LogP contribution in [0, 0.1) is 0 Å². The van der Waals surface area contributed by atoms with Gasteiger partial charge in [-0.2, -0.15) is 0 Å². The Kier molecular flexibility index (Phi) is 4.22. The van der Waals surface area contributed by atoms with Gasteiger partial charge in [0.05, 0.1) is 36.3 Å². The van der Waals surface area contributed by atoms with Crippen LogP contribution in [0.15, 0.2) is 48.2 Å². The fraction of sp³-hybridized carbons (Fsp3) is 0.211. The number of halogens is 1. The predicted molar refractivity (Wildman–Crippen MR) is 102 cm³/mol. The summed E-state index contributed by atoms with van der Waals surface area (Å²) in [6, 6.07) is 13.4. The molecule has 0 atom stereocenters. The Morgan fingerprint density at radius 2 is 1.92 bits per heavy atom. The highest BCUT2D eigenvalue weighted by Crippen LogP contribution is 2.39. The molecule has 2 heterocycles. The number of nitrogens with one attached hydrogen (secondary N) is 2. The summed E-state index contributed by atoms with van der Waals surface area (Å²) in [5, 5.41) is 2.78. The number of hydrogen-bond acceptors (Lipinski definition) is 6. The molecule has 134 valence electrons. The van der Waals surface area contributed by atoms with Crippen LogP contribution in [0.4, 0.5) is 11.4 Å². The van der Waals surface area contributed by atoms with Gasteiger partial charge in [0.15, 0.2) is 0 Å². The zero-order valence-electron chi connectivity index (χ0n) is 14.5. The molecule has 26 heavy (non-hydrogen) atoms. The molecule has 2 aliphatic rings. The Hall–Kier alpha value is -2.70. The minimum atomic E-state index is -0.349. The first-order chi connectivity index (χ1) is 12.6. The van der Waals surface area contributed by atoms with Crippen molar-refractivity contribution in [1.82, 2.24) is 16.0 Å². The van der Waals surface area contributed by atoms with E-state index in [0.717, 1.165) is 41.4 Å². The molecule has 0 spiro atoms. The summed E-state index contributed by atoms with van der Waals surface area (Å²) in [5.74, 6) is -0.349. The van der Waals surface area contributed by atoms with E-state index in [1.165, 1.54) is 7.11 Å². The molecule has 0 bridgehead atoms. The second kappa shape index (κ2) is 6.55. The third-order valence-corrected chi connectivity index (χ3v) is 4.91. The molecule has 6 nitrogen and oxygen atoms in total. The van der Waals surface area contributed by atoms with Crippen molar-refractivity contribution in [2.75, 3.05) is 25.1 Å². The fourth-order valence-corrected chi connectivity index (χ4v) is 3.52. The molecule has 0 saturated heterocycles. The van der Waals surface area contributed by atoms with E-state index in [1.807, 2.05) is 43.3 Å². The Morgan fingerprint density at radius 3 is 2.65 bits per heavy atom. The Morgan fingerprint density at radius 1 is 1.15 bits per heavy atom. The highest BCUT2D eigenvalue weighted by Gasteiger charge is 2.30. The van der Waals surface area contributed by atoms with Crippen molar-refractivity contribution in [3.8, 4) is 0 Å². The minimum absolute atomic E-state index is 0.349. The van der Waals surface area contributed by atoms with E-state index in [9.17, 15) is 4.79 Å². The lowest BCUT2D eigenvalue weighted by atomic mass is 10.0. The van der Waals surface area contributed by atoms with E-state index in [4.69, 9.17) is 16.3 Å². The van der Waals surface area contributed by atoms with Crippen LogP contribution in [0.1, 0.15) is 22.8 Å². The molecule has 0 saturated carbocycles. The molecule has 0 fully saturated rings. The summed E-state index contributed by atoms with van der Waals surface area (Å²) in [7, 11) is 1.39. The number of allylic oxidation sites excluding steroid dienone is 1. The minimum Gasteiger partial charge on any atom is -0.465 e. The Labute approximate surface area is 156 Å². The van der Waals surface area contributed by atoms with Crippen molar-refractivity contribution in [3.05, 3.63) is 64.3 Å². The number of hydrazine groups is 2. The number of fused-ring (bicyclic) bond motifs is 3. The number of carbonyl (C=O) groups excluding carboxylic acids is 1. The molecule has 0 aliphatic carbocycles. The summed E-state index contributed by atoms with van der Waals surface area (Å²) in [5.41, 5.74) is 12.0. The maximum atomic E-state index is 12.1. The highest BCUT2D eigenvalue weighted by molar-refractivity contribution is 6.30. The maximum Gasteiger partial charge on any atom is 0.337 e. The number of carbonyl (C=O) groups is 1. The molecule has 2 N–H and O–H groups in total. The molecule has 0 aromatic heterocycles. The van der Waals surface area contributed by atoms with Crippen LogP contribution in [0.3, 0.4) is 0 Å². The van der Waals surface area contributed by atoms with Gasteiger partial charge in [-0.1, -0.05) is 11.6 Å². The summed E-state index contributed by atoms with van der Waals surface area (Å²) in [4.78, 5) is 14.3. The van der Waals surface area contributed by atoms with E-state index in [0.29, 0.717) is 10.6 Å². The summed E-state index contributed by atoms with van der Waals surface area (Å²) in [6.07, 6.45) is 0. The standard InChI is InChI=1S/C19H19ClN4O2/c1-12-18-16-8-3-13(19(25)26-2)11-17(16)23(9-10-24(18)22-21-12)15-6-4-14(20)5-7-15/h3-8,11,21-22H,9-10H2,1-2H3. The number of methoxy groups -OCH3 is 1. The number of esters is 1. The normalized spacial score (nSPS) is 16.0. The van der Waals surface area contributed by atoms with Gasteiger partial charge >= 0.3 is 5.97 Å². The lowest BCUT2D eigenvalue weighted by Crippen LogP contribution is -2.40. The van der Waals surface area contributed by atoms with E-state index in [2.05, 4.69) is 20.9 Å². The summed E-state index contributed by atoms with van der Waals surface area (Å²) >= 11 is 6.05. The number of nitrogens with zero attached hydrogens (tertiary/aromatic N) is 2. The van der Waals surface area contributed by atoms with Crippen LogP contribution in [0.2, 0.25) is 5.02 Å². The van der Waals surface area contributed by atoms with Crippen molar-refractivity contribution < 1.29 is 9.53 Å². The molecule has 2 aromatic rings. The van der Waals surface area contributed by atoms with Gasteiger partial charge in [-0.05, 0) is 49.4 Å². The van der Waals surface area contributed by atoms with Crippen molar-refractivity contribution in [2.24, 2.45) is 0 Å². The largest absolute Gasteiger partial charge is 0.465 e. The van der Waals surface area contributed by atoms with Crippen LogP contribution in [-0.2, 0) is 4.74 Å². The third kappa shape index (κ3) is 2.77. The molecule has 0 radical (unpaired) electrons. The van der Waals surface area contributed by atoms with Gasteiger partial charge in [0.2, 0.25) is 0 Å². The highest BCUT2D eigenvalue weighted by atomic mass is 35.5. The lowest BCUT2D eigenvalue weighted by Gasteiger charge is -2.25. The number of ether oxygens (including phenoxy) is 1. The van der Waals surface area contributed by atoms with Crippen LogP contribution >= 0.6 is 11.6 Å². The summed E-state index contributed by atoms with van der Waals surface area (Å²) in [6.45, 7) is 3.54. The van der Waals surface area contributed by atoms with Crippen LogP contribution < -0.4 is 15.9 Å². The van der Waals surface area contributed by atoms with E-state index < -0.39 is 0 Å². The van der Waals surface area contributed by atoms with Crippen molar-refractivity contribution in [2.45, 2.75) is 6.92 Å². The first-order valence-electron chi connectivity index (χ1n) is 8.34. The fourth-order valence-electron chi connectivity index (χ4n) is 3.39. The van der Waals surface area contributed by atoms with Gasteiger partial charge in [0.1, 0.15) is 0 Å². The number of hydrogen-bond donors (Lipinski definition) is 2. The quantitative estimate of drug-likeness (QED) is 0.791. The van der Waals surface area contributed by atoms with Crippen molar-refractivity contribution >= 4 is 34.6 Å².